The van der Waals surface area contributed by atoms with Crippen molar-refractivity contribution in [2.24, 2.45) is 0 Å². The maximum Gasteiger partial charge on any atom is 0.294 e. The van der Waals surface area contributed by atoms with Crippen LogP contribution in [-0.4, -0.2) is 36.8 Å². The first-order valence-electron chi connectivity index (χ1n) is 6.12. The molecular formula is C15H12ClNO4S. The molecular weight excluding hydrogens is 326 g/mol. The summed E-state index contributed by atoms with van der Waals surface area (Å²) in [6.45, 7) is -0.0539. The number of carbonyl (C=O) groups excluding carboxylic acids is 2. The SMILES string of the molecule is C#CCN1C(=O)SC(=Cc2cc(OC)c(OC)cc2Cl)C1=O. The number of nitrogens with zero attached hydrogens (tertiary/aromatic N) is 1. The van der Waals surface area contributed by atoms with Gasteiger partial charge in [0.2, 0.25) is 0 Å². The van der Waals surface area contributed by atoms with E-state index in [1.807, 2.05) is 0 Å². The predicted octanol–water partition coefficient (Wildman–Crippen LogP) is 3.03. The monoisotopic (exact) mass is 337 g/mol. The van der Waals surface area contributed by atoms with Gasteiger partial charge in [-0.2, -0.15) is 0 Å². The molecule has 0 spiro atoms. The fourth-order valence-electron chi connectivity index (χ4n) is 1.85. The molecule has 1 fully saturated rings. The van der Waals surface area contributed by atoms with Crippen molar-refractivity contribution in [3.05, 3.63) is 27.6 Å². The van der Waals surface area contributed by atoms with Crippen LogP contribution in [0.1, 0.15) is 5.56 Å². The highest BCUT2D eigenvalue weighted by molar-refractivity contribution is 8.18. The zero-order valence-electron chi connectivity index (χ0n) is 11.9. The Bertz CT molecular complexity index is 708. The van der Waals surface area contributed by atoms with Gasteiger partial charge in [-0.25, -0.2) is 0 Å². The molecule has 0 N–H and O–H groups in total. The molecule has 0 aromatic heterocycles. The quantitative estimate of drug-likeness (QED) is 0.624. The Morgan fingerprint density at radius 2 is 1.95 bits per heavy atom. The molecule has 2 amide bonds. The van der Waals surface area contributed by atoms with E-state index in [1.165, 1.54) is 20.3 Å². The third kappa shape index (κ3) is 3.06. The number of halogens is 1. The molecule has 1 aliphatic heterocycles. The van der Waals surface area contributed by atoms with Crippen LogP contribution in [0.5, 0.6) is 11.5 Å². The molecule has 1 aliphatic rings. The van der Waals surface area contributed by atoms with Crippen LogP contribution in [0.2, 0.25) is 5.02 Å². The fraction of sp³-hybridized carbons (Fsp3) is 0.200. The third-order valence-electron chi connectivity index (χ3n) is 2.91. The van der Waals surface area contributed by atoms with E-state index < -0.39 is 11.1 Å². The van der Waals surface area contributed by atoms with Crippen LogP contribution in [-0.2, 0) is 4.79 Å². The van der Waals surface area contributed by atoms with E-state index in [0.717, 1.165) is 16.7 Å². The standard InChI is InChI=1S/C15H12ClNO4S/c1-4-5-17-14(18)13(22-15(17)19)7-9-6-11(20-2)12(21-3)8-10(9)16/h1,6-8H,5H2,2-3H3. The zero-order valence-corrected chi connectivity index (χ0v) is 13.5. The van der Waals surface area contributed by atoms with Crippen molar-refractivity contribution in [3.8, 4) is 23.8 Å². The number of hydrogen-bond acceptors (Lipinski definition) is 5. The molecule has 22 heavy (non-hydrogen) atoms. The lowest BCUT2D eigenvalue weighted by Crippen LogP contribution is -2.28. The summed E-state index contributed by atoms with van der Waals surface area (Å²) < 4.78 is 10.3. The van der Waals surface area contributed by atoms with Crippen LogP contribution >= 0.6 is 23.4 Å². The summed E-state index contributed by atoms with van der Waals surface area (Å²) in [6, 6.07) is 3.22. The summed E-state index contributed by atoms with van der Waals surface area (Å²) in [6.07, 6.45) is 6.68. The second-order valence-electron chi connectivity index (χ2n) is 4.20. The van der Waals surface area contributed by atoms with Crippen molar-refractivity contribution in [2.75, 3.05) is 20.8 Å². The molecule has 0 radical (unpaired) electrons. The zero-order chi connectivity index (χ0) is 16.3. The molecule has 0 atom stereocenters. The van der Waals surface area contributed by atoms with Crippen LogP contribution in [0.4, 0.5) is 4.79 Å². The number of amides is 2. The largest absolute Gasteiger partial charge is 0.493 e. The summed E-state index contributed by atoms with van der Waals surface area (Å²) in [5.74, 6) is 2.80. The van der Waals surface area contributed by atoms with E-state index in [2.05, 4.69) is 5.92 Å². The Morgan fingerprint density at radius 1 is 1.32 bits per heavy atom. The van der Waals surface area contributed by atoms with Gasteiger partial charge in [0.05, 0.1) is 30.7 Å². The van der Waals surface area contributed by atoms with E-state index >= 15 is 0 Å². The first-order chi connectivity index (χ1) is 10.5. The number of carbonyl (C=O) groups is 2. The van der Waals surface area contributed by atoms with E-state index in [9.17, 15) is 9.59 Å². The van der Waals surface area contributed by atoms with Crippen molar-refractivity contribution in [3.63, 3.8) is 0 Å². The van der Waals surface area contributed by atoms with Gasteiger partial charge in [0.25, 0.3) is 11.1 Å². The van der Waals surface area contributed by atoms with E-state index in [0.29, 0.717) is 22.1 Å². The molecule has 1 aromatic rings. The lowest BCUT2D eigenvalue weighted by Gasteiger charge is -2.10. The first kappa shape index (κ1) is 16.3. The highest BCUT2D eigenvalue weighted by Crippen LogP contribution is 2.37. The fourth-order valence-corrected chi connectivity index (χ4v) is 2.89. The van der Waals surface area contributed by atoms with Gasteiger partial charge in [0.15, 0.2) is 11.5 Å². The van der Waals surface area contributed by atoms with Gasteiger partial charge in [0, 0.05) is 6.07 Å². The normalized spacial score (nSPS) is 16.1. The number of thioether (sulfide) groups is 1. The molecule has 1 heterocycles. The Kier molecular flexibility index (Phi) is 5.01. The Balaban J connectivity index is 2.40. The van der Waals surface area contributed by atoms with Crippen LogP contribution < -0.4 is 9.47 Å². The van der Waals surface area contributed by atoms with Crippen molar-refractivity contribution in [1.29, 1.82) is 0 Å². The van der Waals surface area contributed by atoms with Crippen molar-refractivity contribution >= 4 is 40.6 Å². The molecule has 0 bridgehead atoms. The number of imide groups is 1. The number of rotatable bonds is 4. The molecule has 2 rings (SSSR count). The average Bonchev–Trinajstić information content (AvgIpc) is 2.76. The summed E-state index contributed by atoms with van der Waals surface area (Å²) in [5.41, 5.74) is 0.547. The number of methoxy groups -OCH3 is 2. The molecule has 1 saturated heterocycles. The summed E-state index contributed by atoms with van der Waals surface area (Å²) in [7, 11) is 3.00. The van der Waals surface area contributed by atoms with Crippen molar-refractivity contribution in [1.82, 2.24) is 4.90 Å². The van der Waals surface area contributed by atoms with Gasteiger partial charge in [-0.3, -0.25) is 14.5 Å². The molecule has 0 unspecified atom stereocenters. The Hall–Kier alpha value is -2.10. The lowest BCUT2D eigenvalue weighted by atomic mass is 10.1. The molecule has 114 valence electrons. The van der Waals surface area contributed by atoms with Crippen molar-refractivity contribution < 1.29 is 19.1 Å². The first-order valence-corrected chi connectivity index (χ1v) is 7.31. The molecule has 1 aromatic carbocycles. The van der Waals surface area contributed by atoms with Crippen LogP contribution in [0, 0.1) is 12.3 Å². The highest BCUT2D eigenvalue weighted by Gasteiger charge is 2.34. The maximum atomic E-state index is 12.1. The minimum absolute atomic E-state index is 0.0539. The smallest absolute Gasteiger partial charge is 0.294 e. The number of ether oxygens (including phenoxy) is 2. The summed E-state index contributed by atoms with van der Waals surface area (Å²) in [4.78, 5) is 25.1. The molecule has 0 aliphatic carbocycles. The molecule has 0 saturated carbocycles. The Labute approximate surface area is 137 Å². The van der Waals surface area contributed by atoms with Gasteiger partial charge in [0.1, 0.15) is 0 Å². The summed E-state index contributed by atoms with van der Waals surface area (Å²) in [5, 5.41) is -0.0211. The molecule has 7 heteroatoms. The predicted molar refractivity (Wildman–Crippen MR) is 86.1 cm³/mol. The van der Waals surface area contributed by atoms with Crippen LogP contribution in [0.3, 0.4) is 0 Å². The lowest BCUT2D eigenvalue weighted by molar-refractivity contribution is -0.122. The second kappa shape index (κ2) is 6.77. The minimum Gasteiger partial charge on any atom is -0.493 e. The minimum atomic E-state index is -0.432. The van der Waals surface area contributed by atoms with Gasteiger partial charge in [-0.1, -0.05) is 17.5 Å². The van der Waals surface area contributed by atoms with Crippen LogP contribution in [0.15, 0.2) is 17.0 Å². The number of terminal acetylenes is 1. The van der Waals surface area contributed by atoms with Crippen molar-refractivity contribution in [2.45, 2.75) is 0 Å². The van der Waals surface area contributed by atoms with Gasteiger partial charge >= 0.3 is 0 Å². The van der Waals surface area contributed by atoms with E-state index in [4.69, 9.17) is 27.5 Å². The van der Waals surface area contributed by atoms with E-state index in [-0.39, 0.29) is 11.4 Å². The summed E-state index contributed by atoms with van der Waals surface area (Å²) >= 11 is 6.99. The number of benzene rings is 1. The van der Waals surface area contributed by atoms with Crippen LogP contribution in [0.25, 0.3) is 6.08 Å². The van der Waals surface area contributed by atoms with Gasteiger partial charge < -0.3 is 9.47 Å². The van der Waals surface area contributed by atoms with Gasteiger partial charge in [-0.15, -0.1) is 6.42 Å². The van der Waals surface area contributed by atoms with E-state index in [1.54, 1.807) is 12.1 Å². The van der Waals surface area contributed by atoms with Gasteiger partial charge in [-0.05, 0) is 29.5 Å². The topological polar surface area (TPSA) is 55.8 Å². The average molecular weight is 338 g/mol. The third-order valence-corrected chi connectivity index (χ3v) is 4.15. The number of hydrogen-bond donors (Lipinski definition) is 0. The Morgan fingerprint density at radius 3 is 2.55 bits per heavy atom. The second-order valence-corrected chi connectivity index (χ2v) is 5.60. The highest BCUT2D eigenvalue weighted by atomic mass is 35.5. The maximum absolute atomic E-state index is 12.1. The molecule has 5 nitrogen and oxygen atoms in total.